The van der Waals surface area contributed by atoms with Gasteiger partial charge in [0.05, 0.1) is 0 Å². The molecule has 20 heavy (non-hydrogen) atoms. The molecule has 2 rings (SSSR count). The lowest BCUT2D eigenvalue weighted by Gasteiger charge is -2.29. The summed E-state index contributed by atoms with van der Waals surface area (Å²) in [6, 6.07) is 7.80. The molecule has 1 saturated heterocycles. The molecule has 5 nitrogen and oxygen atoms in total. The molecule has 0 bridgehead atoms. The van der Waals surface area contributed by atoms with Gasteiger partial charge >= 0.3 is 6.03 Å². The van der Waals surface area contributed by atoms with E-state index in [1.807, 2.05) is 31.2 Å². The highest BCUT2D eigenvalue weighted by Crippen LogP contribution is 2.14. The van der Waals surface area contributed by atoms with Crippen LogP contribution >= 0.6 is 0 Å². The van der Waals surface area contributed by atoms with Crippen LogP contribution in [-0.4, -0.2) is 37.1 Å². The number of hydrogen-bond donors (Lipinski definition) is 3. The molecule has 1 atom stereocenters. The minimum absolute atomic E-state index is 0.0112. The highest BCUT2D eigenvalue weighted by atomic mass is 16.2. The van der Waals surface area contributed by atoms with Crippen molar-refractivity contribution in [2.75, 3.05) is 25.5 Å². The van der Waals surface area contributed by atoms with Gasteiger partial charge < -0.3 is 21.3 Å². The molecule has 4 N–H and O–H groups in total. The second kappa shape index (κ2) is 6.72. The van der Waals surface area contributed by atoms with Crippen LogP contribution in [0.1, 0.15) is 31.4 Å². The molecule has 1 heterocycles. The van der Waals surface area contributed by atoms with Gasteiger partial charge in [0.2, 0.25) is 0 Å². The molecule has 0 saturated carbocycles. The molecule has 1 aliphatic heterocycles. The fraction of sp³-hybridized carbons (Fsp3) is 0.533. The van der Waals surface area contributed by atoms with Crippen molar-refractivity contribution in [1.29, 1.82) is 0 Å². The fourth-order valence-corrected chi connectivity index (χ4v) is 2.38. The van der Waals surface area contributed by atoms with E-state index in [4.69, 9.17) is 5.73 Å². The van der Waals surface area contributed by atoms with E-state index in [-0.39, 0.29) is 18.1 Å². The number of anilines is 1. The zero-order chi connectivity index (χ0) is 14.5. The molecule has 1 aromatic carbocycles. The minimum Gasteiger partial charge on any atom is -0.335 e. The molecule has 1 fully saturated rings. The number of urea groups is 1. The average Bonchev–Trinajstić information content (AvgIpc) is 2.42. The summed E-state index contributed by atoms with van der Waals surface area (Å²) in [5.41, 5.74) is 7.65. The molecule has 1 unspecified atom stereocenters. The van der Waals surface area contributed by atoms with Crippen molar-refractivity contribution in [3.63, 3.8) is 0 Å². The Kier molecular flexibility index (Phi) is 4.98. The summed E-state index contributed by atoms with van der Waals surface area (Å²) in [7, 11) is 2.11. The van der Waals surface area contributed by atoms with Gasteiger partial charge in [0.15, 0.2) is 0 Å². The highest BCUT2D eigenvalue weighted by Gasteiger charge is 2.18. The van der Waals surface area contributed by atoms with Crippen LogP contribution in [0.15, 0.2) is 24.3 Å². The van der Waals surface area contributed by atoms with Crippen LogP contribution in [-0.2, 0) is 0 Å². The lowest BCUT2D eigenvalue weighted by Crippen LogP contribution is -2.44. The van der Waals surface area contributed by atoms with Crippen LogP contribution < -0.4 is 16.4 Å². The van der Waals surface area contributed by atoms with Crippen LogP contribution in [0.2, 0.25) is 0 Å². The molecule has 0 radical (unpaired) electrons. The predicted molar refractivity (Wildman–Crippen MR) is 81.7 cm³/mol. The summed E-state index contributed by atoms with van der Waals surface area (Å²) in [6.07, 6.45) is 2.01. The Morgan fingerprint density at radius 1 is 1.30 bits per heavy atom. The maximum Gasteiger partial charge on any atom is 0.319 e. The molecular formula is C15H24N4O. The number of rotatable bonds is 3. The number of carbonyl (C=O) groups is 1. The smallest absolute Gasteiger partial charge is 0.319 e. The zero-order valence-electron chi connectivity index (χ0n) is 12.2. The van der Waals surface area contributed by atoms with Crippen molar-refractivity contribution in [1.82, 2.24) is 10.2 Å². The Balaban J connectivity index is 1.82. The van der Waals surface area contributed by atoms with Crippen molar-refractivity contribution in [2.24, 2.45) is 5.73 Å². The average molecular weight is 276 g/mol. The van der Waals surface area contributed by atoms with Gasteiger partial charge in [-0.25, -0.2) is 4.79 Å². The summed E-state index contributed by atoms with van der Waals surface area (Å²) in [5.74, 6) is 0. The molecule has 5 heteroatoms. The largest absolute Gasteiger partial charge is 0.335 e. The SMILES string of the molecule is CC(N)c1ccc(NC(=O)NC2CCN(C)CC2)cc1. The number of nitrogens with two attached hydrogens (primary N) is 1. The summed E-state index contributed by atoms with van der Waals surface area (Å²) in [5, 5.41) is 5.89. The van der Waals surface area contributed by atoms with Crippen LogP contribution in [0.3, 0.4) is 0 Å². The van der Waals surface area contributed by atoms with Gasteiger partial charge in [0.1, 0.15) is 0 Å². The van der Waals surface area contributed by atoms with Crippen molar-refractivity contribution in [3.8, 4) is 0 Å². The first-order chi connectivity index (χ1) is 9.54. The molecule has 2 amide bonds. The lowest BCUT2D eigenvalue weighted by atomic mass is 10.1. The van der Waals surface area contributed by atoms with Crippen molar-refractivity contribution < 1.29 is 4.79 Å². The third kappa shape index (κ3) is 4.21. The first-order valence-electron chi connectivity index (χ1n) is 7.16. The maximum atomic E-state index is 11.9. The van der Waals surface area contributed by atoms with E-state index >= 15 is 0 Å². The second-order valence-corrected chi connectivity index (χ2v) is 5.59. The van der Waals surface area contributed by atoms with Gasteiger partial charge in [-0.3, -0.25) is 0 Å². The van der Waals surface area contributed by atoms with E-state index in [0.29, 0.717) is 0 Å². The first-order valence-corrected chi connectivity index (χ1v) is 7.16. The normalized spacial score (nSPS) is 18.6. The lowest BCUT2D eigenvalue weighted by molar-refractivity contribution is 0.221. The van der Waals surface area contributed by atoms with E-state index < -0.39 is 0 Å². The number of nitrogens with zero attached hydrogens (tertiary/aromatic N) is 1. The molecule has 0 aliphatic carbocycles. The molecule has 0 spiro atoms. The van der Waals surface area contributed by atoms with E-state index in [1.165, 1.54) is 0 Å². The fourth-order valence-electron chi connectivity index (χ4n) is 2.38. The first kappa shape index (κ1) is 14.8. The third-order valence-electron chi connectivity index (χ3n) is 3.75. The highest BCUT2D eigenvalue weighted by molar-refractivity contribution is 5.89. The van der Waals surface area contributed by atoms with Crippen molar-refractivity contribution in [2.45, 2.75) is 31.8 Å². The van der Waals surface area contributed by atoms with E-state index in [9.17, 15) is 4.79 Å². The van der Waals surface area contributed by atoms with Gasteiger partial charge in [0.25, 0.3) is 0 Å². The monoisotopic (exact) mass is 276 g/mol. The quantitative estimate of drug-likeness (QED) is 0.790. The van der Waals surface area contributed by atoms with Crippen LogP contribution in [0, 0.1) is 0 Å². The summed E-state index contributed by atoms with van der Waals surface area (Å²) in [4.78, 5) is 14.2. The molecule has 1 aliphatic rings. The Morgan fingerprint density at radius 2 is 1.90 bits per heavy atom. The Bertz CT molecular complexity index is 436. The number of hydrogen-bond acceptors (Lipinski definition) is 3. The summed E-state index contributed by atoms with van der Waals surface area (Å²) >= 11 is 0. The van der Waals surface area contributed by atoms with Gasteiger partial charge in [0, 0.05) is 17.8 Å². The van der Waals surface area contributed by atoms with Crippen LogP contribution in [0.25, 0.3) is 0 Å². The number of nitrogens with one attached hydrogen (secondary N) is 2. The number of piperidine rings is 1. The Hall–Kier alpha value is -1.59. The van der Waals surface area contributed by atoms with Crippen LogP contribution in [0.5, 0.6) is 0 Å². The van der Waals surface area contributed by atoms with E-state index in [1.54, 1.807) is 0 Å². The number of benzene rings is 1. The second-order valence-electron chi connectivity index (χ2n) is 5.59. The number of amides is 2. The van der Waals surface area contributed by atoms with E-state index in [0.717, 1.165) is 37.2 Å². The van der Waals surface area contributed by atoms with Gasteiger partial charge in [-0.15, -0.1) is 0 Å². The predicted octanol–water partition coefficient (Wildman–Crippen LogP) is 1.92. The Labute approximate surface area is 120 Å². The van der Waals surface area contributed by atoms with E-state index in [2.05, 4.69) is 22.6 Å². The van der Waals surface area contributed by atoms with Gasteiger partial charge in [-0.1, -0.05) is 12.1 Å². The molecule has 0 aromatic heterocycles. The number of likely N-dealkylation sites (tertiary alicyclic amines) is 1. The number of carbonyl (C=O) groups excluding carboxylic acids is 1. The zero-order valence-corrected chi connectivity index (χ0v) is 12.2. The summed E-state index contributed by atoms with van der Waals surface area (Å²) in [6.45, 7) is 4.01. The third-order valence-corrected chi connectivity index (χ3v) is 3.75. The van der Waals surface area contributed by atoms with Crippen molar-refractivity contribution >= 4 is 11.7 Å². The molecule has 110 valence electrons. The Morgan fingerprint density at radius 3 is 2.45 bits per heavy atom. The van der Waals surface area contributed by atoms with Crippen LogP contribution in [0.4, 0.5) is 10.5 Å². The summed E-state index contributed by atoms with van der Waals surface area (Å²) < 4.78 is 0. The van der Waals surface area contributed by atoms with Gasteiger partial charge in [-0.2, -0.15) is 0 Å². The molecule has 1 aromatic rings. The standard InChI is InChI=1S/C15H24N4O/c1-11(16)12-3-5-13(6-4-12)17-15(20)18-14-7-9-19(2)10-8-14/h3-6,11,14H,7-10,16H2,1-2H3,(H2,17,18,20). The maximum absolute atomic E-state index is 11.9. The van der Waals surface area contributed by atoms with Gasteiger partial charge in [-0.05, 0) is 57.6 Å². The minimum atomic E-state index is -0.131. The molecular weight excluding hydrogens is 252 g/mol. The topological polar surface area (TPSA) is 70.4 Å². The van der Waals surface area contributed by atoms with Crippen molar-refractivity contribution in [3.05, 3.63) is 29.8 Å².